The van der Waals surface area contributed by atoms with Crippen LogP contribution in [0.15, 0.2) is 36.4 Å². The van der Waals surface area contributed by atoms with Crippen molar-refractivity contribution in [3.05, 3.63) is 53.3 Å². The molecule has 1 N–H and O–H groups in total. The Balaban J connectivity index is 1.96. The molecular formula is C20H20FN3O2S. The molecule has 0 radical (unpaired) electrons. The number of hydrogen-bond acceptors (Lipinski definition) is 5. The number of amides is 1. The molecule has 2 aromatic carbocycles. The highest BCUT2D eigenvalue weighted by Gasteiger charge is 2.20. The standard InChI is InChI=1S/C20H20FN3O2S/c1-4-24(5-2)19(26)16-10-14(21)11-17-18(16)23-20(27-17)22-15-8-6-13(7-9-15)12(3)25/h6-11H,4-5H2,1-3H3,(H,22,23). The molecule has 0 spiro atoms. The van der Waals surface area contributed by atoms with Crippen LogP contribution in [-0.2, 0) is 0 Å². The van der Waals surface area contributed by atoms with Crippen molar-refractivity contribution >= 4 is 44.1 Å². The maximum Gasteiger partial charge on any atom is 0.256 e. The van der Waals surface area contributed by atoms with Crippen molar-refractivity contribution in [2.24, 2.45) is 0 Å². The van der Waals surface area contributed by atoms with Gasteiger partial charge in [-0.2, -0.15) is 0 Å². The Kier molecular flexibility index (Phi) is 5.51. The molecule has 3 aromatic rings. The molecule has 1 heterocycles. The van der Waals surface area contributed by atoms with E-state index in [9.17, 15) is 14.0 Å². The highest BCUT2D eigenvalue weighted by atomic mass is 32.1. The number of halogens is 1. The van der Waals surface area contributed by atoms with Gasteiger partial charge in [-0.25, -0.2) is 9.37 Å². The van der Waals surface area contributed by atoms with E-state index in [1.54, 1.807) is 29.2 Å². The molecule has 0 bridgehead atoms. The van der Waals surface area contributed by atoms with E-state index in [2.05, 4.69) is 10.3 Å². The minimum absolute atomic E-state index is 0.00318. The van der Waals surface area contributed by atoms with Crippen molar-refractivity contribution in [1.82, 2.24) is 9.88 Å². The zero-order chi connectivity index (χ0) is 19.6. The van der Waals surface area contributed by atoms with Gasteiger partial charge in [0.05, 0.1) is 15.8 Å². The van der Waals surface area contributed by atoms with Crippen LogP contribution in [-0.4, -0.2) is 34.7 Å². The van der Waals surface area contributed by atoms with Gasteiger partial charge in [0.25, 0.3) is 5.91 Å². The van der Waals surface area contributed by atoms with Crippen LogP contribution in [0.2, 0.25) is 0 Å². The van der Waals surface area contributed by atoms with E-state index >= 15 is 0 Å². The van der Waals surface area contributed by atoms with Gasteiger partial charge in [0.15, 0.2) is 10.9 Å². The Morgan fingerprint density at radius 3 is 2.41 bits per heavy atom. The maximum absolute atomic E-state index is 14.0. The Hall–Kier alpha value is -2.80. The average molecular weight is 385 g/mol. The fourth-order valence-electron chi connectivity index (χ4n) is 2.81. The fraction of sp³-hybridized carbons (Fsp3) is 0.250. The number of anilines is 2. The molecule has 0 aliphatic heterocycles. The lowest BCUT2D eigenvalue weighted by Crippen LogP contribution is -2.30. The summed E-state index contributed by atoms with van der Waals surface area (Å²) in [6, 6.07) is 9.65. The number of nitrogens with zero attached hydrogens (tertiary/aromatic N) is 2. The number of rotatable bonds is 6. The minimum atomic E-state index is -0.459. The van der Waals surface area contributed by atoms with Crippen LogP contribution in [0, 0.1) is 5.82 Å². The lowest BCUT2D eigenvalue weighted by Gasteiger charge is -2.18. The number of nitrogens with one attached hydrogen (secondary N) is 1. The molecule has 1 amide bonds. The minimum Gasteiger partial charge on any atom is -0.339 e. The van der Waals surface area contributed by atoms with Crippen molar-refractivity contribution in [1.29, 1.82) is 0 Å². The van der Waals surface area contributed by atoms with E-state index in [0.29, 0.717) is 34.0 Å². The first-order chi connectivity index (χ1) is 12.9. The predicted octanol–water partition coefficient (Wildman–Crippen LogP) is 4.86. The van der Waals surface area contributed by atoms with Crippen LogP contribution < -0.4 is 5.32 Å². The normalized spacial score (nSPS) is 10.8. The summed E-state index contributed by atoms with van der Waals surface area (Å²) in [5.74, 6) is -0.692. The summed E-state index contributed by atoms with van der Waals surface area (Å²) < 4.78 is 14.6. The lowest BCUT2D eigenvalue weighted by molar-refractivity contribution is 0.0774. The van der Waals surface area contributed by atoms with Crippen molar-refractivity contribution in [2.45, 2.75) is 20.8 Å². The van der Waals surface area contributed by atoms with Crippen LogP contribution in [0.5, 0.6) is 0 Å². The molecule has 7 heteroatoms. The van der Waals surface area contributed by atoms with Crippen LogP contribution in [0.3, 0.4) is 0 Å². The topological polar surface area (TPSA) is 62.3 Å². The Labute approximate surface area is 160 Å². The van der Waals surface area contributed by atoms with Crippen molar-refractivity contribution < 1.29 is 14.0 Å². The predicted molar refractivity (Wildman–Crippen MR) is 107 cm³/mol. The summed E-state index contributed by atoms with van der Waals surface area (Å²) in [4.78, 5) is 30.2. The molecule has 0 atom stereocenters. The number of fused-ring (bicyclic) bond motifs is 1. The molecule has 0 aliphatic rings. The van der Waals surface area contributed by atoms with Gasteiger partial charge in [-0.15, -0.1) is 0 Å². The van der Waals surface area contributed by atoms with Gasteiger partial charge in [-0.3, -0.25) is 9.59 Å². The molecule has 0 aliphatic carbocycles. The second-order valence-electron chi connectivity index (χ2n) is 6.06. The third kappa shape index (κ3) is 3.98. The zero-order valence-electron chi connectivity index (χ0n) is 15.4. The number of thiazole rings is 1. The number of hydrogen-bond donors (Lipinski definition) is 1. The smallest absolute Gasteiger partial charge is 0.256 e. The highest BCUT2D eigenvalue weighted by molar-refractivity contribution is 7.22. The van der Waals surface area contributed by atoms with Crippen LogP contribution >= 0.6 is 11.3 Å². The SMILES string of the molecule is CCN(CC)C(=O)c1cc(F)cc2sc(Nc3ccc(C(C)=O)cc3)nc12. The number of benzene rings is 2. The van der Waals surface area contributed by atoms with E-state index in [1.165, 1.54) is 30.4 Å². The third-order valence-corrected chi connectivity index (χ3v) is 5.20. The van der Waals surface area contributed by atoms with E-state index < -0.39 is 5.82 Å². The zero-order valence-corrected chi connectivity index (χ0v) is 16.2. The van der Waals surface area contributed by atoms with Gasteiger partial charge in [0.2, 0.25) is 0 Å². The summed E-state index contributed by atoms with van der Waals surface area (Å²) in [7, 11) is 0. The highest BCUT2D eigenvalue weighted by Crippen LogP contribution is 2.32. The molecule has 3 rings (SSSR count). The van der Waals surface area contributed by atoms with Gasteiger partial charge < -0.3 is 10.2 Å². The number of carbonyl (C=O) groups is 2. The summed E-state index contributed by atoms with van der Waals surface area (Å²) in [6.07, 6.45) is 0. The van der Waals surface area contributed by atoms with Gasteiger partial charge in [-0.1, -0.05) is 11.3 Å². The summed E-state index contributed by atoms with van der Waals surface area (Å²) >= 11 is 1.28. The lowest BCUT2D eigenvalue weighted by atomic mass is 10.1. The summed E-state index contributed by atoms with van der Waals surface area (Å²) in [5.41, 5.74) is 2.14. The van der Waals surface area contributed by atoms with Crippen molar-refractivity contribution in [3.63, 3.8) is 0 Å². The molecule has 27 heavy (non-hydrogen) atoms. The van der Waals surface area contributed by atoms with Gasteiger partial charge in [0, 0.05) is 24.3 Å². The van der Waals surface area contributed by atoms with Gasteiger partial charge >= 0.3 is 0 Å². The van der Waals surface area contributed by atoms with Crippen molar-refractivity contribution in [3.8, 4) is 0 Å². The summed E-state index contributed by atoms with van der Waals surface area (Å²) in [6.45, 7) is 6.38. The van der Waals surface area contributed by atoms with Gasteiger partial charge in [-0.05, 0) is 57.2 Å². The van der Waals surface area contributed by atoms with Crippen LogP contribution in [0.4, 0.5) is 15.2 Å². The monoisotopic (exact) mass is 385 g/mol. The van der Waals surface area contributed by atoms with Gasteiger partial charge in [0.1, 0.15) is 5.82 Å². The first-order valence-electron chi connectivity index (χ1n) is 8.70. The van der Waals surface area contributed by atoms with E-state index in [-0.39, 0.29) is 17.3 Å². The first kappa shape index (κ1) is 19.0. The molecule has 0 fully saturated rings. The molecule has 0 unspecified atom stereocenters. The van der Waals surface area contributed by atoms with E-state index in [4.69, 9.17) is 0 Å². The molecule has 0 saturated heterocycles. The Bertz CT molecular complexity index is 994. The Morgan fingerprint density at radius 2 is 1.81 bits per heavy atom. The molecule has 140 valence electrons. The number of ketones is 1. The summed E-state index contributed by atoms with van der Waals surface area (Å²) in [5, 5.41) is 3.71. The number of aromatic nitrogens is 1. The second kappa shape index (κ2) is 7.84. The van der Waals surface area contributed by atoms with Crippen LogP contribution in [0.1, 0.15) is 41.5 Å². The van der Waals surface area contributed by atoms with E-state index in [1.807, 2.05) is 13.8 Å². The molecule has 0 saturated carbocycles. The number of Topliss-reactive ketones (excluding diaryl/α,β-unsaturated/α-hetero) is 1. The Morgan fingerprint density at radius 1 is 1.15 bits per heavy atom. The largest absolute Gasteiger partial charge is 0.339 e. The van der Waals surface area contributed by atoms with E-state index in [0.717, 1.165) is 5.69 Å². The third-order valence-electron chi connectivity index (χ3n) is 4.28. The first-order valence-corrected chi connectivity index (χ1v) is 9.52. The number of carbonyl (C=O) groups excluding carboxylic acids is 2. The van der Waals surface area contributed by atoms with Crippen molar-refractivity contribution in [2.75, 3.05) is 18.4 Å². The maximum atomic E-state index is 14.0. The second-order valence-corrected chi connectivity index (χ2v) is 7.09. The van der Waals surface area contributed by atoms with Crippen LogP contribution in [0.25, 0.3) is 10.2 Å². The molecule has 5 nitrogen and oxygen atoms in total. The molecular weight excluding hydrogens is 365 g/mol. The molecule has 1 aromatic heterocycles. The quantitative estimate of drug-likeness (QED) is 0.615. The average Bonchev–Trinajstić information content (AvgIpc) is 3.04. The fourth-order valence-corrected chi connectivity index (χ4v) is 3.74.